The zero-order valence-electron chi connectivity index (χ0n) is 4.60. The van der Waals surface area contributed by atoms with Crippen molar-refractivity contribution in [1.29, 1.82) is 0 Å². The zero-order chi connectivity index (χ0) is 7.71. The molecule has 5 heteroatoms. The van der Waals surface area contributed by atoms with Crippen molar-refractivity contribution >= 4 is 34.8 Å². The Labute approximate surface area is 67.1 Å². The molecule has 0 radical (unpaired) electrons. The first-order valence-electron chi connectivity index (χ1n) is 2.15. The first-order chi connectivity index (χ1) is 3.71. The number of hydrogen-bond donors (Lipinski definition) is 0. The van der Waals surface area contributed by atoms with Crippen molar-refractivity contribution in [2.75, 3.05) is 0 Å². The lowest BCUT2D eigenvalue weighted by atomic mass is 10.3. The van der Waals surface area contributed by atoms with Gasteiger partial charge in [-0.1, -0.05) is 0 Å². The van der Waals surface area contributed by atoms with Crippen molar-refractivity contribution in [3.05, 3.63) is 0 Å². The summed E-state index contributed by atoms with van der Waals surface area (Å²) in [5, 5.41) is -3.31. The molecule has 0 amide bonds. The lowest BCUT2D eigenvalue weighted by Gasteiger charge is -2.15. The largest absolute Gasteiger partial charge is 0.324 e. The maximum Gasteiger partial charge on any atom is 0.324 e. The third kappa shape index (κ3) is 8.73. The smallest absolute Gasteiger partial charge is 0.188 e. The Morgan fingerprint density at radius 1 is 1.22 bits per heavy atom. The Hall–Kier alpha value is 0.730. The summed E-state index contributed by atoms with van der Waals surface area (Å²) in [7, 11) is 0. The maximum atomic E-state index is 11.8. The van der Waals surface area contributed by atoms with Crippen molar-refractivity contribution in [3.63, 3.8) is 0 Å². The van der Waals surface area contributed by atoms with Crippen LogP contribution in [0.4, 0.5) is 8.78 Å². The molecule has 0 aromatic rings. The summed E-state index contributed by atoms with van der Waals surface area (Å²) in [6.07, 6.45) is -0.745. The fourth-order valence-electron chi connectivity index (χ4n) is 0.352. The lowest BCUT2D eigenvalue weighted by molar-refractivity contribution is 0.0828. The van der Waals surface area contributed by atoms with Crippen LogP contribution in [0.1, 0.15) is 13.3 Å². The van der Waals surface area contributed by atoms with E-state index in [-0.39, 0.29) is 0 Å². The van der Waals surface area contributed by atoms with E-state index in [1.165, 1.54) is 6.92 Å². The highest BCUT2D eigenvalue weighted by atomic mass is 35.5. The first kappa shape index (κ1) is 9.73. The maximum absolute atomic E-state index is 11.8. The molecule has 0 fully saturated rings. The molecule has 0 N–H and O–H groups in total. The molecule has 0 saturated heterocycles. The van der Waals surface area contributed by atoms with Gasteiger partial charge in [0.2, 0.25) is 0 Å². The van der Waals surface area contributed by atoms with Crippen molar-refractivity contribution in [3.8, 4) is 0 Å². The highest BCUT2D eigenvalue weighted by Gasteiger charge is 2.34. The molecule has 0 heterocycles. The molecule has 0 aromatic heterocycles. The number of hydrogen-bond acceptors (Lipinski definition) is 0. The van der Waals surface area contributed by atoms with Crippen LogP contribution in [0.15, 0.2) is 0 Å². The van der Waals surface area contributed by atoms with Crippen molar-refractivity contribution in [2.45, 2.75) is 23.1 Å². The summed E-state index contributed by atoms with van der Waals surface area (Å²) in [5.74, 6) is 0. The molecule has 0 atom stereocenters. The van der Waals surface area contributed by atoms with Crippen LogP contribution in [0.3, 0.4) is 0 Å². The molecule has 0 aliphatic rings. The van der Waals surface area contributed by atoms with Gasteiger partial charge in [-0.2, -0.15) is 8.78 Å². The van der Waals surface area contributed by atoms with E-state index in [4.69, 9.17) is 23.2 Å². The summed E-state index contributed by atoms with van der Waals surface area (Å²) < 4.78 is 22.2. The SMILES string of the molecule is CC(Cl)(Cl)CC(F)(F)Cl. The van der Waals surface area contributed by atoms with Crippen LogP contribution in [0, 0.1) is 0 Å². The summed E-state index contributed by atoms with van der Waals surface area (Å²) in [4.78, 5) is 0. The standard InChI is InChI=1S/C4H5Cl3F2/c1-3(5,6)2-4(7,8)9/h2H2,1H3. The molecule has 0 spiro atoms. The molecule has 0 aromatic carbocycles. The average Bonchev–Trinajstić information content (AvgIpc) is 1.14. The van der Waals surface area contributed by atoms with Gasteiger partial charge >= 0.3 is 5.38 Å². The zero-order valence-corrected chi connectivity index (χ0v) is 6.86. The highest BCUT2D eigenvalue weighted by Crippen LogP contribution is 2.36. The van der Waals surface area contributed by atoms with Gasteiger partial charge in [0.1, 0.15) is 4.33 Å². The molecule has 0 bridgehead atoms. The summed E-state index contributed by atoms with van der Waals surface area (Å²) >= 11 is 15.0. The van der Waals surface area contributed by atoms with Crippen molar-refractivity contribution in [1.82, 2.24) is 0 Å². The summed E-state index contributed by atoms with van der Waals surface area (Å²) in [5.41, 5.74) is 0. The summed E-state index contributed by atoms with van der Waals surface area (Å²) in [6, 6.07) is 0. The molecule has 9 heavy (non-hydrogen) atoms. The summed E-state index contributed by atoms with van der Waals surface area (Å²) in [6.45, 7) is 1.26. The van der Waals surface area contributed by atoms with E-state index < -0.39 is 16.1 Å². The Balaban J connectivity index is 3.75. The normalized spacial score (nSPS) is 14.0. The second-order valence-corrected chi connectivity index (χ2v) is 4.28. The Kier molecular flexibility index (Phi) is 2.99. The van der Waals surface area contributed by atoms with Crippen LogP contribution in [-0.2, 0) is 0 Å². The predicted octanol–water partition coefficient (Wildman–Crippen LogP) is 3.40. The Morgan fingerprint density at radius 3 is 1.56 bits per heavy atom. The van der Waals surface area contributed by atoms with Crippen molar-refractivity contribution < 1.29 is 8.78 Å². The van der Waals surface area contributed by atoms with Crippen LogP contribution in [-0.4, -0.2) is 9.72 Å². The van der Waals surface area contributed by atoms with E-state index in [9.17, 15) is 8.78 Å². The van der Waals surface area contributed by atoms with Gasteiger partial charge in [0.05, 0.1) is 6.42 Å². The van der Waals surface area contributed by atoms with Gasteiger partial charge in [-0.3, -0.25) is 0 Å². The minimum absolute atomic E-state index is 0.745. The monoisotopic (exact) mass is 196 g/mol. The van der Waals surface area contributed by atoms with Gasteiger partial charge in [0.25, 0.3) is 0 Å². The van der Waals surface area contributed by atoms with Gasteiger partial charge in [0.15, 0.2) is 0 Å². The fraction of sp³-hybridized carbons (Fsp3) is 1.00. The van der Waals surface area contributed by atoms with Gasteiger partial charge < -0.3 is 0 Å². The molecular weight excluding hydrogens is 192 g/mol. The lowest BCUT2D eigenvalue weighted by Crippen LogP contribution is -2.18. The van der Waals surface area contributed by atoms with Crippen LogP contribution in [0.2, 0.25) is 0 Å². The van der Waals surface area contributed by atoms with Crippen molar-refractivity contribution in [2.24, 2.45) is 0 Å². The second-order valence-electron chi connectivity index (χ2n) is 1.86. The highest BCUT2D eigenvalue weighted by molar-refractivity contribution is 6.48. The fourth-order valence-corrected chi connectivity index (χ4v) is 1.09. The third-order valence-electron chi connectivity index (χ3n) is 0.511. The molecule has 0 rings (SSSR count). The Morgan fingerprint density at radius 2 is 1.56 bits per heavy atom. The molecule has 0 unspecified atom stereocenters. The third-order valence-corrected chi connectivity index (χ3v) is 0.912. The van der Waals surface area contributed by atoms with Gasteiger partial charge in [0, 0.05) is 0 Å². The minimum Gasteiger partial charge on any atom is -0.188 e. The molecule has 0 aliphatic carbocycles. The minimum atomic E-state index is -3.31. The Bertz CT molecular complexity index is 79.0. The molecule has 0 saturated carbocycles. The average molecular weight is 197 g/mol. The van der Waals surface area contributed by atoms with E-state index in [0.29, 0.717) is 0 Å². The quantitative estimate of drug-likeness (QED) is 0.595. The van der Waals surface area contributed by atoms with E-state index >= 15 is 0 Å². The van der Waals surface area contributed by atoms with E-state index in [1.807, 2.05) is 0 Å². The predicted molar refractivity (Wildman–Crippen MR) is 35.5 cm³/mol. The molecule has 0 nitrogen and oxygen atoms in total. The number of rotatable bonds is 2. The van der Waals surface area contributed by atoms with E-state index in [0.717, 1.165) is 0 Å². The van der Waals surface area contributed by atoms with E-state index in [2.05, 4.69) is 11.6 Å². The topological polar surface area (TPSA) is 0 Å². The van der Waals surface area contributed by atoms with Crippen LogP contribution in [0.5, 0.6) is 0 Å². The molecule has 0 aliphatic heterocycles. The number of alkyl halides is 5. The van der Waals surface area contributed by atoms with Gasteiger partial charge in [-0.15, -0.1) is 23.2 Å². The second kappa shape index (κ2) is 2.77. The van der Waals surface area contributed by atoms with Crippen LogP contribution < -0.4 is 0 Å². The number of halogens is 5. The van der Waals surface area contributed by atoms with Gasteiger partial charge in [-0.05, 0) is 18.5 Å². The van der Waals surface area contributed by atoms with Crippen LogP contribution >= 0.6 is 34.8 Å². The van der Waals surface area contributed by atoms with Crippen LogP contribution in [0.25, 0.3) is 0 Å². The first-order valence-corrected chi connectivity index (χ1v) is 3.29. The molecule has 56 valence electrons. The van der Waals surface area contributed by atoms with E-state index in [1.54, 1.807) is 0 Å². The van der Waals surface area contributed by atoms with Gasteiger partial charge in [-0.25, -0.2) is 0 Å². The molecular formula is C4H5Cl3F2.